The summed E-state index contributed by atoms with van der Waals surface area (Å²) < 4.78 is 22.8. The van der Waals surface area contributed by atoms with Crippen molar-refractivity contribution in [3.8, 4) is 28.5 Å². The molecule has 0 aliphatic rings. The van der Waals surface area contributed by atoms with Gasteiger partial charge in [0.25, 0.3) is 0 Å². The molecule has 0 atom stereocenters. The minimum Gasteiger partial charge on any atom is -0.493 e. The average Bonchev–Trinajstić information content (AvgIpc) is 3.06. The Kier molecular flexibility index (Phi) is 15.1. The second kappa shape index (κ2) is 18.8. The molecule has 3 rings (SSSR count). The molecule has 12 heteroatoms. The number of nitrogens with one attached hydrogen (secondary N) is 1. The minimum atomic E-state index is -1.11. The molecule has 0 saturated heterocycles. The molecule has 53 heavy (non-hydrogen) atoms. The van der Waals surface area contributed by atoms with Crippen molar-refractivity contribution in [3.63, 3.8) is 0 Å². The van der Waals surface area contributed by atoms with Gasteiger partial charge in [-0.15, -0.1) is 0 Å². The lowest BCUT2D eigenvalue weighted by Gasteiger charge is -2.36. The van der Waals surface area contributed by atoms with Gasteiger partial charge in [0.05, 0.1) is 29.4 Å². The Labute approximate surface area is 313 Å². The van der Waals surface area contributed by atoms with Crippen molar-refractivity contribution in [2.75, 3.05) is 6.61 Å². The molecule has 3 aromatic rings. The highest BCUT2D eigenvalue weighted by Gasteiger charge is 2.35. The fraction of sp³-hybridized carbons (Fsp3) is 0.537. The Morgan fingerprint density at radius 2 is 1.00 bits per heavy atom. The van der Waals surface area contributed by atoms with Crippen molar-refractivity contribution >= 4 is 23.8 Å². The lowest BCUT2D eigenvalue weighted by molar-refractivity contribution is -0.155. The first-order chi connectivity index (χ1) is 24.7. The second-order valence-electron chi connectivity index (χ2n) is 16.0. The molecule has 288 valence electrons. The molecule has 1 N–H and O–H groups in total. The summed E-state index contributed by atoms with van der Waals surface area (Å²) in [6, 6.07) is 14.7. The average molecular weight is 733 g/mol. The normalized spacial score (nSPS) is 12.1. The summed E-state index contributed by atoms with van der Waals surface area (Å²) in [6.45, 7) is 16.2. The number of carbonyl (C=O) groups excluding carboxylic acids is 4. The summed E-state index contributed by atoms with van der Waals surface area (Å²) in [7, 11) is 0. The molecule has 0 fully saturated rings. The fourth-order valence-corrected chi connectivity index (χ4v) is 5.42. The number of rotatable bonds is 17. The van der Waals surface area contributed by atoms with Crippen LogP contribution in [0.25, 0.3) is 22.8 Å². The van der Waals surface area contributed by atoms with E-state index >= 15 is 0 Å². The first-order valence-corrected chi connectivity index (χ1v) is 18.2. The van der Waals surface area contributed by atoms with Crippen LogP contribution in [0.2, 0.25) is 0 Å². The predicted molar refractivity (Wildman–Crippen MR) is 202 cm³/mol. The zero-order valence-corrected chi connectivity index (χ0v) is 32.7. The van der Waals surface area contributed by atoms with Crippen molar-refractivity contribution < 1.29 is 38.1 Å². The Bertz CT molecular complexity index is 1520. The Morgan fingerprint density at radius 1 is 0.585 bits per heavy atom. The highest BCUT2D eigenvalue weighted by molar-refractivity contribution is 5.78. The molecular weight excluding hydrogens is 676 g/mol. The van der Waals surface area contributed by atoms with Crippen molar-refractivity contribution in [2.24, 2.45) is 0 Å². The van der Waals surface area contributed by atoms with Gasteiger partial charge in [0.2, 0.25) is 5.91 Å². The van der Waals surface area contributed by atoms with Crippen LogP contribution in [0, 0.1) is 0 Å². The topological polar surface area (TPSA) is 156 Å². The van der Waals surface area contributed by atoms with E-state index < -0.39 is 40.2 Å². The van der Waals surface area contributed by atoms with E-state index in [1.165, 1.54) is 0 Å². The van der Waals surface area contributed by atoms with Gasteiger partial charge >= 0.3 is 17.9 Å². The number of nitrogens with zero attached hydrogens (tertiary/aromatic N) is 3. The van der Waals surface area contributed by atoms with Crippen LogP contribution < -0.4 is 10.1 Å². The van der Waals surface area contributed by atoms with Crippen LogP contribution in [-0.2, 0) is 33.4 Å². The van der Waals surface area contributed by atoms with E-state index in [1.807, 2.05) is 36.4 Å². The van der Waals surface area contributed by atoms with Crippen LogP contribution >= 0.6 is 0 Å². The number of hydrogen-bond acceptors (Lipinski definition) is 11. The molecule has 0 spiro atoms. The van der Waals surface area contributed by atoms with Gasteiger partial charge in [0.15, 0.2) is 0 Å². The van der Waals surface area contributed by atoms with E-state index in [1.54, 1.807) is 86.8 Å². The highest BCUT2D eigenvalue weighted by Crippen LogP contribution is 2.30. The molecule has 0 bridgehead atoms. The van der Waals surface area contributed by atoms with Gasteiger partial charge in [-0.1, -0.05) is 12.1 Å². The molecule has 1 amide bonds. The zero-order chi connectivity index (χ0) is 39.3. The summed E-state index contributed by atoms with van der Waals surface area (Å²) in [5.74, 6) is -1.13. The van der Waals surface area contributed by atoms with Crippen LogP contribution in [0.4, 0.5) is 0 Å². The molecule has 12 nitrogen and oxygen atoms in total. The molecule has 0 aromatic carbocycles. The summed E-state index contributed by atoms with van der Waals surface area (Å²) in [6.07, 6.45) is 4.12. The van der Waals surface area contributed by atoms with Crippen LogP contribution in [0.15, 0.2) is 60.9 Å². The standard InChI is InChI=1S/C41H56N4O8/c1-38(2,3)51-35(47)18-21-41(22-19-36(48)52-39(4,5)6,23-20-37(49)53-40(7,8)9)45-34(46)17-14-26-50-29-27-32(30-15-10-12-24-42-30)44-33(28-29)31-16-11-13-25-43-31/h10-13,15-16,24-25,27-28H,14,17-23,26H2,1-9H3,(H,45,46). The van der Waals surface area contributed by atoms with Crippen LogP contribution in [0.5, 0.6) is 5.75 Å². The number of carbonyl (C=O) groups is 4. The molecule has 0 aliphatic heterocycles. The quantitative estimate of drug-likeness (QED) is 0.0829. The highest BCUT2D eigenvalue weighted by atomic mass is 16.6. The first-order valence-electron chi connectivity index (χ1n) is 18.2. The molecule has 0 saturated carbocycles. The van der Waals surface area contributed by atoms with Gasteiger partial charge in [-0.25, -0.2) is 4.98 Å². The first kappa shape index (κ1) is 42.5. The van der Waals surface area contributed by atoms with Gasteiger partial charge in [0, 0.05) is 55.7 Å². The van der Waals surface area contributed by atoms with Gasteiger partial charge in [0.1, 0.15) is 22.6 Å². The maximum atomic E-state index is 13.6. The maximum absolute atomic E-state index is 13.6. The number of amides is 1. The SMILES string of the molecule is CC(C)(C)OC(=O)CCC(CCC(=O)OC(C)(C)C)(CCC(=O)OC(C)(C)C)NC(=O)CCCOc1cc(-c2ccccn2)nc(-c2ccccn2)c1. The number of aromatic nitrogens is 3. The number of ether oxygens (including phenoxy) is 4. The number of esters is 3. The zero-order valence-electron chi connectivity index (χ0n) is 32.7. The van der Waals surface area contributed by atoms with E-state index in [0.717, 1.165) is 0 Å². The largest absolute Gasteiger partial charge is 0.493 e. The van der Waals surface area contributed by atoms with E-state index in [4.69, 9.17) is 23.9 Å². The van der Waals surface area contributed by atoms with E-state index in [2.05, 4.69) is 15.3 Å². The molecule has 3 heterocycles. The van der Waals surface area contributed by atoms with Crippen LogP contribution in [0.1, 0.15) is 114 Å². The van der Waals surface area contributed by atoms with Crippen molar-refractivity contribution in [1.29, 1.82) is 0 Å². The lowest BCUT2D eigenvalue weighted by atomic mass is 9.83. The van der Waals surface area contributed by atoms with Crippen molar-refractivity contribution in [2.45, 2.75) is 136 Å². The summed E-state index contributed by atoms with van der Waals surface area (Å²) in [4.78, 5) is 65.8. The van der Waals surface area contributed by atoms with Crippen LogP contribution in [0.3, 0.4) is 0 Å². The van der Waals surface area contributed by atoms with Gasteiger partial charge in [-0.2, -0.15) is 0 Å². The van der Waals surface area contributed by atoms with Gasteiger partial charge < -0.3 is 24.3 Å². The van der Waals surface area contributed by atoms with Gasteiger partial charge in [-0.3, -0.25) is 29.1 Å². The van der Waals surface area contributed by atoms with Crippen molar-refractivity contribution in [3.05, 3.63) is 60.9 Å². The Morgan fingerprint density at radius 3 is 1.36 bits per heavy atom. The van der Waals surface area contributed by atoms with Crippen LogP contribution in [-0.4, -0.2) is 67.7 Å². The molecule has 0 unspecified atom stereocenters. The molecular formula is C41H56N4O8. The van der Waals surface area contributed by atoms with Crippen molar-refractivity contribution in [1.82, 2.24) is 20.3 Å². The smallest absolute Gasteiger partial charge is 0.306 e. The third kappa shape index (κ3) is 16.6. The Balaban J connectivity index is 1.78. The number of hydrogen-bond donors (Lipinski definition) is 1. The fourth-order valence-electron chi connectivity index (χ4n) is 5.42. The monoisotopic (exact) mass is 732 g/mol. The maximum Gasteiger partial charge on any atom is 0.306 e. The Hall–Kier alpha value is -4.87. The molecule has 0 aliphatic carbocycles. The minimum absolute atomic E-state index is 0.0391. The summed E-state index contributed by atoms with van der Waals surface area (Å²) in [5.41, 5.74) is -0.643. The summed E-state index contributed by atoms with van der Waals surface area (Å²) >= 11 is 0. The van der Waals surface area contributed by atoms with E-state index in [0.29, 0.717) is 34.9 Å². The summed E-state index contributed by atoms with van der Waals surface area (Å²) in [5, 5.41) is 3.10. The predicted octanol–water partition coefficient (Wildman–Crippen LogP) is 7.59. The third-order valence-corrected chi connectivity index (χ3v) is 7.56. The van der Waals surface area contributed by atoms with E-state index in [-0.39, 0.29) is 57.5 Å². The third-order valence-electron chi connectivity index (χ3n) is 7.56. The molecule has 0 radical (unpaired) electrons. The van der Waals surface area contributed by atoms with Gasteiger partial charge in [-0.05, 0) is 112 Å². The number of pyridine rings is 3. The second-order valence-corrected chi connectivity index (χ2v) is 16.0. The lowest BCUT2D eigenvalue weighted by Crippen LogP contribution is -2.50. The molecule has 3 aromatic heterocycles. The van der Waals surface area contributed by atoms with E-state index in [9.17, 15) is 19.2 Å².